The number of pyridine rings is 1. The minimum absolute atomic E-state index is 0.129. The summed E-state index contributed by atoms with van der Waals surface area (Å²) in [7, 11) is 4.05. The second kappa shape index (κ2) is 7.10. The van der Waals surface area contributed by atoms with Gasteiger partial charge in [0, 0.05) is 31.8 Å². The molecule has 1 unspecified atom stereocenters. The van der Waals surface area contributed by atoms with Crippen LogP contribution in [0.3, 0.4) is 0 Å². The van der Waals surface area contributed by atoms with Gasteiger partial charge in [-0.15, -0.1) is 0 Å². The number of aromatic nitrogens is 3. The molecule has 1 aliphatic rings. The Hall–Kier alpha value is -1.92. The molecular formula is C16H20ClN5O. The standard InChI is InChI=1S/C16H20ClN5O/c1-21(2)10-13-7-14(3-5-18-13)23-15-4-6-22(11-15)16-19-8-12(17)9-20-16/h3,5,7-9,15H,4,6,10-11H2,1-2H3. The van der Waals surface area contributed by atoms with E-state index in [1.165, 1.54) is 0 Å². The fourth-order valence-corrected chi connectivity index (χ4v) is 2.70. The van der Waals surface area contributed by atoms with Gasteiger partial charge in [0.15, 0.2) is 0 Å². The number of anilines is 1. The highest BCUT2D eigenvalue weighted by Gasteiger charge is 2.25. The molecule has 0 radical (unpaired) electrons. The van der Waals surface area contributed by atoms with Gasteiger partial charge in [-0.05, 0) is 20.2 Å². The Kier molecular flexibility index (Phi) is 4.93. The zero-order valence-electron chi connectivity index (χ0n) is 13.3. The van der Waals surface area contributed by atoms with Crippen LogP contribution >= 0.6 is 11.6 Å². The van der Waals surface area contributed by atoms with Crippen LogP contribution in [0, 0.1) is 0 Å². The normalized spacial score (nSPS) is 17.7. The van der Waals surface area contributed by atoms with Gasteiger partial charge in [0.25, 0.3) is 0 Å². The second-order valence-electron chi connectivity index (χ2n) is 5.90. The van der Waals surface area contributed by atoms with Crippen LogP contribution in [-0.2, 0) is 6.54 Å². The summed E-state index contributed by atoms with van der Waals surface area (Å²) in [5.41, 5.74) is 1.00. The summed E-state index contributed by atoms with van der Waals surface area (Å²) in [5.74, 6) is 1.56. The minimum atomic E-state index is 0.129. The van der Waals surface area contributed by atoms with Gasteiger partial charge < -0.3 is 14.5 Å². The van der Waals surface area contributed by atoms with E-state index >= 15 is 0 Å². The summed E-state index contributed by atoms with van der Waals surface area (Å²) in [5, 5.41) is 0.547. The average Bonchev–Trinajstić information content (AvgIpc) is 2.96. The molecule has 0 bridgehead atoms. The van der Waals surface area contributed by atoms with Gasteiger partial charge in [-0.25, -0.2) is 9.97 Å². The molecule has 122 valence electrons. The molecule has 2 aromatic rings. The number of rotatable bonds is 5. The van der Waals surface area contributed by atoms with Crippen LogP contribution in [0.25, 0.3) is 0 Å². The third kappa shape index (κ3) is 4.30. The molecule has 0 amide bonds. The predicted molar refractivity (Wildman–Crippen MR) is 89.9 cm³/mol. The monoisotopic (exact) mass is 333 g/mol. The van der Waals surface area contributed by atoms with Gasteiger partial charge in [0.05, 0.1) is 29.7 Å². The Balaban J connectivity index is 1.60. The van der Waals surface area contributed by atoms with Crippen molar-refractivity contribution in [3.05, 3.63) is 41.4 Å². The number of hydrogen-bond acceptors (Lipinski definition) is 6. The fourth-order valence-electron chi connectivity index (χ4n) is 2.61. The third-order valence-electron chi connectivity index (χ3n) is 3.60. The van der Waals surface area contributed by atoms with E-state index < -0.39 is 0 Å². The molecular weight excluding hydrogens is 314 g/mol. The Labute approximate surface area is 141 Å². The first-order chi connectivity index (χ1) is 11.1. The Morgan fingerprint density at radius 1 is 1.30 bits per heavy atom. The first kappa shape index (κ1) is 16.0. The number of halogens is 1. The topological polar surface area (TPSA) is 54.4 Å². The molecule has 2 aromatic heterocycles. The molecule has 1 fully saturated rings. The number of nitrogens with zero attached hydrogens (tertiary/aromatic N) is 5. The van der Waals surface area contributed by atoms with Crippen molar-refractivity contribution in [1.29, 1.82) is 0 Å². The van der Waals surface area contributed by atoms with Crippen LogP contribution in [0.2, 0.25) is 5.02 Å². The third-order valence-corrected chi connectivity index (χ3v) is 3.80. The van der Waals surface area contributed by atoms with E-state index in [4.69, 9.17) is 16.3 Å². The van der Waals surface area contributed by atoms with Crippen molar-refractivity contribution in [3.8, 4) is 5.75 Å². The molecule has 23 heavy (non-hydrogen) atoms. The van der Waals surface area contributed by atoms with Gasteiger partial charge in [0.2, 0.25) is 5.95 Å². The zero-order chi connectivity index (χ0) is 16.2. The van der Waals surface area contributed by atoms with Gasteiger partial charge in [-0.2, -0.15) is 0 Å². The number of ether oxygens (including phenoxy) is 1. The van der Waals surface area contributed by atoms with Crippen molar-refractivity contribution >= 4 is 17.5 Å². The van der Waals surface area contributed by atoms with E-state index in [0.29, 0.717) is 11.0 Å². The quantitative estimate of drug-likeness (QED) is 0.836. The molecule has 0 N–H and O–H groups in total. The summed E-state index contributed by atoms with van der Waals surface area (Å²) in [4.78, 5) is 17.1. The molecule has 1 saturated heterocycles. The lowest BCUT2D eigenvalue weighted by Crippen LogP contribution is -2.26. The first-order valence-corrected chi connectivity index (χ1v) is 7.97. The molecule has 1 aliphatic heterocycles. The Morgan fingerprint density at radius 2 is 2.09 bits per heavy atom. The average molecular weight is 334 g/mol. The summed E-state index contributed by atoms with van der Waals surface area (Å²) in [6.45, 7) is 2.45. The lowest BCUT2D eigenvalue weighted by Gasteiger charge is -2.17. The summed E-state index contributed by atoms with van der Waals surface area (Å²) >= 11 is 5.83. The highest BCUT2D eigenvalue weighted by atomic mass is 35.5. The Morgan fingerprint density at radius 3 is 2.83 bits per heavy atom. The minimum Gasteiger partial charge on any atom is -0.488 e. The zero-order valence-corrected chi connectivity index (χ0v) is 14.1. The van der Waals surface area contributed by atoms with Crippen molar-refractivity contribution in [2.75, 3.05) is 32.1 Å². The SMILES string of the molecule is CN(C)Cc1cc(OC2CCN(c3ncc(Cl)cn3)C2)ccn1. The van der Waals surface area contributed by atoms with Crippen LogP contribution in [0.4, 0.5) is 5.95 Å². The highest BCUT2D eigenvalue weighted by Crippen LogP contribution is 2.22. The van der Waals surface area contributed by atoms with E-state index in [-0.39, 0.29) is 6.10 Å². The number of hydrogen-bond donors (Lipinski definition) is 0. The lowest BCUT2D eigenvalue weighted by atomic mass is 10.3. The molecule has 0 spiro atoms. The van der Waals surface area contributed by atoms with Gasteiger partial charge >= 0.3 is 0 Å². The molecule has 0 saturated carbocycles. The van der Waals surface area contributed by atoms with E-state index in [9.17, 15) is 0 Å². The molecule has 3 heterocycles. The maximum absolute atomic E-state index is 6.09. The van der Waals surface area contributed by atoms with E-state index in [2.05, 4.69) is 24.8 Å². The van der Waals surface area contributed by atoms with Crippen LogP contribution in [0.5, 0.6) is 5.75 Å². The van der Waals surface area contributed by atoms with Crippen LogP contribution in [0.1, 0.15) is 12.1 Å². The molecule has 3 rings (SSSR count). The van der Waals surface area contributed by atoms with Crippen LogP contribution < -0.4 is 9.64 Å². The molecule has 1 atom stereocenters. The largest absolute Gasteiger partial charge is 0.488 e. The maximum Gasteiger partial charge on any atom is 0.225 e. The second-order valence-corrected chi connectivity index (χ2v) is 6.33. The maximum atomic E-state index is 6.09. The smallest absolute Gasteiger partial charge is 0.225 e. The van der Waals surface area contributed by atoms with Gasteiger partial charge in [-0.3, -0.25) is 4.98 Å². The van der Waals surface area contributed by atoms with Crippen molar-refractivity contribution in [2.24, 2.45) is 0 Å². The fraction of sp³-hybridized carbons (Fsp3) is 0.438. The summed E-state index contributed by atoms with van der Waals surface area (Å²) < 4.78 is 6.09. The highest BCUT2D eigenvalue weighted by molar-refractivity contribution is 6.30. The first-order valence-electron chi connectivity index (χ1n) is 7.59. The van der Waals surface area contributed by atoms with Crippen molar-refractivity contribution in [2.45, 2.75) is 19.1 Å². The molecule has 7 heteroatoms. The predicted octanol–water partition coefficient (Wildman–Crippen LogP) is 2.24. The van der Waals surface area contributed by atoms with Crippen molar-refractivity contribution in [3.63, 3.8) is 0 Å². The summed E-state index contributed by atoms with van der Waals surface area (Å²) in [6.07, 6.45) is 6.10. The van der Waals surface area contributed by atoms with E-state index in [1.807, 2.05) is 26.2 Å². The van der Waals surface area contributed by atoms with Crippen molar-refractivity contribution < 1.29 is 4.74 Å². The Bertz CT molecular complexity index is 649. The van der Waals surface area contributed by atoms with Crippen LogP contribution in [-0.4, -0.2) is 53.1 Å². The lowest BCUT2D eigenvalue weighted by molar-refractivity contribution is 0.224. The van der Waals surface area contributed by atoms with Gasteiger partial charge in [-0.1, -0.05) is 11.6 Å². The van der Waals surface area contributed by atoms with E-state index in [0.717, 1.165) is 37.5 Å². The molecule has 6 nitrogen and oxygen atoms in total. The van der Waals surface area contributed by atoms with E-state index in [1.54, 1.807) is 18.6 Å². The van der Waals surface area contributed by atoms with Gasteiger partial charge in [0.1, 0.15) is 11.9 Å². The summed E-state index contributed by atoms with van der Waals surface area (Å²) in [6, 6.07) is 3.90. The molecule has 0 aliphatic carbocycles. The van der Waals surface area contributed by atoms with Crippen molar-refractivity contribution in [1.82, 2.24) is 19.9 Å². The van der Waals surface area contributed by atoms with Crippen LogP contribution in [0.15, 0.2) is 30.7 Å². The molecule has 0 aromatic carbocycles.